The van der Waals surface area contributed by atoms with Crippen molar-refractivity contribution in [1.82, 2.24) is 0 Å². The number of nitrogens with zero attached hydrogens (tertiary/aromatic N) is 1. The molecule has 0 radical (unpaired) electrons. The van der Waals surface area contributed by atoms with Gasteiger partial charge in [0.2, 0.25) is 0 Å². The third-order valence-electron chi connectivity index (χ3n) is 5.49. The molecule has 0 aromatic rings. The molecular formula is C15H31N2O+. The summed E-state index contributed by atoms with van der Waals surface area (Å²) >= 11 is 0. The molecule has 18 heavy (non-hydrogen) atoms. The summed E-state index contributed by atoms with van der Waals surface area (Å²) in [5.41, 5.74) is 6.31. The lowest BCUT2D eigenvalue weighted by Crippen LogP contribution is -2.65. The van der Waals surface area contributed by atoms with Crippen LogP contribution in [0.5, 0.6) is 0 Å². The molecule has 2 rings (SSSR count). The SMILES string of the molecule is CCC(O)C1CC(N)C[N+](CC)(C2CCCC2)C1. The summed E-state index contributed by atoms with van der Waals surface area (Å²) in [6.07, 6.45) is 7.25. The van der Waals surface area contributed by atoms with Crippen molar-refractivity contribution in [2.75, 3.05) is 19.6 Å². The van der Waals surface area contributed by atoms with Crippen LogP contribution in [0.2, 0.25) is 0 Å². The summed E-state index contributed by atoms with van der Waals surface area (Å²) in [4.78, 5) is 0. The summed E-state index contributed by atoms with van der Waals surface area (Å²) in [6.45, 7) is 7.87. The summed E-state index contributed by atoms with van der Waals surface area (Å²) in [5.74, 6) is 0.416. The Hall–Kier alpha value is -0.120. The standard InChI is InChI=1S/C15H31N2O/c1-3-15(18)12-9-13(16)11-17(4-2,10-12)14-7-5-6-8-14/h12-15,18H,3-11,16H2,1-2H3/q+1. The van der Waals surface area contributed by atoms with Crippen LogP contribution in [0.3, 0.4) is 0 Å². The van der Waals surface area contributed by atoms with E-state index in [9.17, 15) is 5.11 Å². The van der Waals surface area contributed by atoms with Crippen LogP contribution in [0, 0.1) is 5.92 Å². The molecule has 0 aromatic carbocycles. The number of quaternary nitrogens is 1. The molecule has 1 aliphatic carbocycles. The molecule has 0 spiro atoms. The fourth-order valence-electron chi connectivity index (χ4n) is 4.43. The highest BCUT2D eigenvalue weighted by Crippen LogP contribution is 2.35. The Balaban J connectivity index is 2.13. The van der Waals surface area contributed by atoms with E-state index in [1.54, 1.807) is 0 Å². The first-order chi connectivity index (χ1) is 8.61. The fraction of sp³-hybridized carbons (Fsp3) is 1.00. The molecule has 0 aromatic heterocycles. The van der Waals surface area contributed by atoms with Gasteiger partial charge >= 0.3 is 0 Å². The quantitative estimate of drug-likeness (QED) is 0.754. The first-order valence-electron chi connectivity index (χ1n) is 7.90. The minimum absolute atomic E-state index is 0.151. The van der Waals surface area contributed by atoms with Crippen LogP contribution in [0.1, 0.15) is 52.4 Å². The third kappa shape index (κ3) is 2.73. The zero-order chi connectivity index (χ0) is 13.2. The Labute approximate surface area is 112 Å². The number of rotatable bonds is 4. The number of hydrogen-bond acceptors (Lipinski definition) is 2. The molecule has 1 heterocycles. The third-order valence-corrected chi connectivity index (χ3v) is 5.49. The maximum absolute atomic E-state index is 10.2. The number of likely N-dealkylation sites (tertiary alicyclic amines) is 1. The van der Waals surface area contributed by atoms with Crippen molar-refractivity contribution in [2.24, 2.45) is 11.7 Å². The van der Waals surface area contributed by atoms with Gasteiger partial charge in [0.05, 0.1) is 37.8 Å². The number of hydrogen-bond donors (Lipinski definition) is 2. The van der Waals surface area contributed by atoms with Crippen LogP contribution in [-0.4, -0.2) is 47.4 Å². The molecule has 3 N–H and O–H groups in total. The van der Waals surface area contributed by atoms with Crippen molar-refractivity contribution in [3.8, 4) is 0 Å². The molecule has 0 bridgehead atoms. The van der Waals surface area contributed by atoms with E-state index in [1.165, 1.54) is 36.7 Å². The normalized spacial score (nSPS) is 40.0. The molecule has 3 heteroatoms. The Morgan fingerprint density at radius 1 is 1.22 bits per heavy atom. The molecule has 106 valence electrons. The lowest BCUT2D eigenvalue weighted by Gasteiger charge is -2.50. The van der Waals surface area contributed by atoms with Crippen molar-refractivity contribution in [1.29, 1.82) is 0 Å². The Kier molecular flexibility index (Phi) is 4.68. The maximum Gasteiger partial charge on any atom is 0.0942 e. The van der Waals surface area contributed by atoms with Crippen molar-refractivity contribution in [2.45, 2.75) is 70.6 Å². The molecule has 3 nitrogen and oxygen atoms in total. The van der Waals surface area contributed by atoms with Crippen LogP contribution in [0.4, 0.5) is 0 Å². The summed E-state index contributed by atoms with van der Waals surface area (Å²) < 4.78 is 1.18. The van der Waals surface area contributed by atoms with E-state index in [0.717, 1.165) is 32.0 Å². The molecule has 4 unspecified atom stereocenters. The van der Waals surface area contributed by atoms with Crippen LogP contribution in [0.25, 0.3) is 0 Å². The number of piperidine rings is 1. The Morgan fingerprint density at radius 3 is 2.44 bits per heavy atom. The molecule has 1 aliphatic heterocycles. The second-order valence-electron chi connectivity index (χ2n) is 6.57. The van der Waals surface area contributed by atoms with Crippen molar-refractivity contribution in [3.63, 3.8) is 0 Å². The molecule has 2 fully saturated rings. The monoisotopic (exact) mass is 255 g/mol. The van der Waals surface area contributed by atoms with Gasteiger partial charge in [-0.15, -0.1) is 0 Å². The zero-order valence-corrected chi connectivity index (χ0v) is 12.1. The fourth-order valence-corrected chi connectivity index (χ4v) is 4.43. The van der Waals surface area contributed by atoms with Gasteiger partial charge in [-0.25, -0.2) is 0 Å². The molecule has 1 saturated carbocycles. The largest absolute Gasteiger partial charge is 0.393 e. The Morgan fingerprint density at radius 2 is 1.89 bits per heavy atom. The number of aliphatic hydroxyl groups is 1. The van der Waals surface area contributed by atoms with E-state index in [-0.39, 0.29) is 12.1 Å². The molecule has 2 aliphatic rings. The van der Waals surface area contributed by atoms with Gasteiger partial charge in [0.1, 0.15) is 0 Å². The highest BCUT2D eigenvalue weighted by atomic mass is 16.3. The minimum Gasteiger partial charge on any atom is -0.393 e. The first-order valence-corrected chi connectivity index (χ1v) is 7.90. The van der Waals surface area contributed by atoms with Gasteiger partial charge < -0.3 is 15.3 Å². The lowest BCUT2D eigenvalue weighted by molar-refractivity contribution is -0.957. The van der Waals surface area contributed by atoms with Crippen LogP contribution >= 0.6 is 0 Å². The van der Waals surface area contributed by atoms with Crippen LogP contribution < -0.4 is 5.73 Å². The predicted molar refractivity (Wildman–Crippen MR) is 75.2 cm³/mol. The molecule has 1 saturated heterocycles. The molecular weight excluding hydrogens is 224 g/mol. The summed E-state index contributed by atoms with van der Waals surface area (Å²) in [6, 6.07) is 1.10. The molecule has 4 atom stereocenters. The number of likely N-dealkylation sites (N-methyl/N-ethyl adjacent to an activating group) is 1. The maximum atomic E-state index is 10.2. The topological polar surface area (TPSA) is 46.2 Å². The van der Waals surface area contributed by atoms with Crippen LogP contribution in [-0.2, 0) is 0 Å². The average molecular weight is 255 g/mol. The van der Waals surface area contributed by atoms with Crippen molar-refractivity contribution < 1.29 is 9.59 Å². The molecule has 0 amide bonds. The van der Waals surface area contributed by atoms with Gasteiger partial charge in [-0.1, -0.05) is 6.92 Å². The van der Waals surface area contributed by atoms with E-state index < -0.39 is 0 Å². The van der Waals surface area contributed by atoms with E-state index in [1.807, 2.05) is 0 Å². The van der Waals surface area contributed by atoms with E-state index in [0.29, 0.717) is 5.92 Å². The van der Waals surface area contributed by atoms with E-state index in [4.69, 9.17) is 5.73 Å². The highest BCUT2D eigenvalue weighted by molar-refractivity contribution is 4.82. The van der Waals surface area contributed by atoms with Crippen molar-refractivity contribution >= 4 is 0 Å². The lowest BCUT2D eigenvalue weighted by atomic mass is 9.85. The van der Waals surface area contributed by atoms with Crippen LogP contribution in [0.15, 0.2) is 0 Å². The second kappa shape index (κ2) is 5.89. The first kappa shape index (κ1) is 14.3. The van der Waals surface area contributed by atoms with E-state index >= 15 is 0 Å². The Bertz CT molecular complexity index is 265. The zero-order valence-electron chi connectivity index (χ0n) is 12.1. The van der Waals surface area contributed by atoms with Gasteiger partial charge in [0, 0.05) is 5.92 Å². The van der Waals surface area contributed by atoms with Crippen molar-refractivity contribution in [3.05, 3.63) is 0 Å². The van der Waals surface area contributed by atoms with E-state index in [2.05, 4.69) is 13.8 Å². The van der Waals surface area contributed by atoms with Gasteiger partial charge in [-0.2, -0.15) is 0 Å². The van der Waals surface area contributed by atoms with Gasteiger partial charge in [-0.05, 0) is 45.4 Å². The van der Waals surface area contributed by atoms with Gasteiger partial charge in [0.15, 0.2) is 0 Å². The average Bonchev–Trinajstić information content (AvgIpc) is 2.91. The smallest absolute Gasteiger partial charge is 0.0942 e. The van der Waals surface area contributed by atoms with Gasteiger partial charge in [0.25, 0.3) is 0 Å². The minimum atomic E-state index is -0.151. The number of aliphatic hydroxyl groups excluding tert-OH is 1. The summed E-state index contributed by atoms with van der Waals surface area (Å²) in [5, 5.41) is 10.2. The second-order valence-corrected chi connectivity index (χ2v) is 6.57. The van der Waals surface area contributed by atoms with Gasteiger partial charge in [-0.3, -0.25) is 0 Å². The predicted octanol–water partition coefficient (Wildman–Crippen LogP) is 1.88. The summed E-state index contributed by atoms with van der Waals surface area (Å²) in [7, 11) is 0. The highest BCUT2D eigenvalue weighted by Gasteiger charge is 2.45. The number of nitrogens with two attached hydrogens (primary N) is 1.